The summed E-state index contributed by atoms with van der Waals surface area (Å²) in [7, 11) is 1.97. The van der Waals surface area contributed by atoms with Crippen LogP contribution < -0.4 is 5.32 Å². The molecule has 4 nitrogen and oxygen atoms in total. The number of rotatable bonds is 4. The molecule has 1 saturated carbocycles. The van der Waals surface area contributed by atoms with Gasteiger partial charge in [-0.05, 0) is 25.8 Å². The average molecular weight is 268 g/mol. The summed E-state index contributed by atoms with van der Waals surface area (Å²) in [4.78, 5) is 14.2. The third kappa shape index (κ3) is 2.95. The first-order valence-corrected chi connectivity index (χ1v) is 7.60. The van der Waals surface area contributed by atoms with Crippen LogP contribution in [0.4, 0.5) is 0 Å². The summed E-state index contributed by atoms with van der Waals surface area (Å²) in [6.07, 6.45) is 6.48. The van der Waals surface area contributed by atoms with Gasteiger partial charge >= 0.3 is 0 Å². The molecule has 0 aromatic carbocycles. The molecule has 0 atom stereocenters. The van der Waals surface area contributed by atoms with E-state index in [1.165, 1.54) is 19.3 Å². The highest BCUT2D eigenvalue weighted by molar-refractivity contribution is 5.78. The summed E-state index contributed by atoms with van der Waals surface area (Å²) in [5.41, 5.74) is -0.657. The van der Waals surface area contributed by atoms with Crippen molar-refractivity contribution >= 4 is 5.91 Å². The summed E-state index contributed by atoms with van der Waals surface area (Å²) in [6, 6.07) is 0. The Balaban J connectivity index is 1.88. The minimum absolute atomic E-state index is 0.000863. The normalized spacial score (nSPS) is 25.2. The maximum Gasteiger partial charge on any atom is 0.224 e. The number of nitrogens with one attached hydrogen (secondary N) is 1. The summed E-state index contributed by atoms with van der Waals surface area (Å²) in [6.45, 7) is 5.03. The number of β-amino-alcohol motifs (C(OH)–C–C–N with tert-alkyl or cyclic N) is 1. The van der Waals surface area contributed by atoms with Crippen molar-refractivity contribution < 1.29 is 9.90 Å². The largest absolute Gasteiger partial charge is 0.386 e. The molecule has 2 aliphatic rings. The van der Waals surface area contributed by atoms with E-state index < -0.39 is 5.60 Å². The lowest BCUT2D eigenvalue weighted by Gasteiger charge is -2.50. The van der Waals surface area contributed by atoms with Crippen LogP contribution in [0.3, 0.4) is 0 Å². The van der Waals surface area contributed by atoms with Crippen LogP contribution in [0.2, 0.25) is 0 Å². The molecule has 19 heavy (non-hydrogen) atoms. The Hall–Kier alpha value is -0.610. The molecule has 1 aliphatic heterocycles. The molecule has 0 radical (unpaired) electrons. The van der Waals surface area contributed by atoms with E-state index in [2.05, 4.69) is 5.32 Å². The van der Waals surface area contributed by atoms with Gasteiger partial charge < -0.3 is 15.3 Å². The molecular formula is C15H28N2O2. The van der Waals surface area contributed by atoms with Crippen molar-refractivity contribution in [1.82, 2.24) is 10.2 Å². The molecule has 2 N–H and O–H groups in total. The van der Waals surface area contributed by atoms with Gasteiger partial charge in [0.05, 0.1) is 13.1 Å². The van der Waals surface area contributed by atoms with Gasteiger partial charge in [0.25, 0.3) is 0 Å². The topological polar surface area (TPSA) is 52.6 Å². The molecule has 1 saturated heterocycles. The fourth-order valence-electron chi connectivity index (χ4n) is 3.30. The second-order valence-electron chi connectivity index (χ2n) is 6.78. The van der Waals surface area contributed by atoms with E-state index in [4.69, 9.17) is 0 Å². The van der Waals surface area contributed by atoms with Gasteiger partial charge in [0, 0.05) is 12.0 Å². The van der Waals surface area contributed by atoms with Crippen molar-refractivity contribution in [2.45, 2.75) is 63.5 Å². The number of nitrogens with zero attached hydrogens (tertiary/aromatic N) is 1. The standard InChI is InChI=1S/C15H28N2O2/c1-12(2)15(19)10-17(11-15)13(18)9-14(16-3)7-5-4-6-8-14/h12,16,19H,4-11H2,1-3H3. The van der Waals surface area contributed by atoms with Crippen LogP contribution in [0.5, 0.6) is 0 Å². The molecule has 1 heterocycles. The zero-order chi connectivity index (χ0) is 14.1. The molecule has 2 fully saturated rings. The van der Waals surface area contributed by atoms with Gasteiger partial charge in [-0.15, -0.1) is 0 Å². The van der Waals surface area contributed by atoms with Crippen LogP contribution in [0.15, 0.2) is 0 Å². The second kappa shape index (κ2) is 5.41. The van der Waals surface area contributed by atoms with Crippen molar-refractivity contribution in [2.24, 2.45) is 5.92 Å². The number of aliphatic hydroxyl groups is 1. The monoisotopic (exact) mass is 268 g/mol. The molecule has 0 aromatic heterocycles. The first-order valence-electron chi connectivity index (χ1n) is 7.60. The Morgan fingerprint density at radius 2 is 1.84 bits per heavy atom. The first kappa shape index (κ1) is 14.8. The Bertz CT molecular complexity index is 329. The minimum atomic E-state index is -0.658. The smallest absolute Gasteiger partial charge is 0.224 e. The lowest BCUT2D eigenvalue weighted by Crippen LogP contribution is -2.66. The van der Waals surface area contributed by atoms with E-state index in [-0.39, 0.29) is 17.4 Å². The number of carbonyl (C=O) groups is 1. The predicted molar refractivity (Wildman–Crippen MR) is 75.9 cm³/mol. The summed E-state index contributed by atoms with van der Waals surface area (Å²) in [5.74, 6) is 0.408. The maximum absolute atomic E-state index is 12.3. The highest BCUT2D eigenvalue weighted by Gasteiger charge is 2.47. The van der Waals surface area contributed by atoms with Gasteiger partial charge in [0.15, 0.2) is 0 Å². The lowest BCUT2D eigenvalue weighted by molar-refractivity contribution is -0.165. The third-order valence-electron chi connectivity index (χ3n) is 5.19. The third-order valence-corrected chi connectivity index (χ3v) is 5.19. The number of carbonyl (C=O) groups excluding carboxylic acids is 1. The van der Waals surface area contributed by atoms with E-state index in [0.29, 0.717) is 19.5 Å². The Labute approximate surface area is 116 Å². The van der Waals surface area contributed by atoms with E-state index in [1.54, 1.807) is 0 Å². The molecule has 0 bridgehead atoms. The van der Waals surface area contributed by atoms with Gasteiger partial charge in [0.2, 0.25) is 5.91 Å². The maximum atomic E-state index is 12.3. The van der Waals surface area contributed by atoms with Crippen molar-refractivity contribution in [3.05, 3.63) is 0 Å². The predicted octanol–water partition coefficient (Wildman–Crippen LogP) is 1.53. The van der Waals surface area contributed by atoms with Crippen LogP contribution in [0, 0.1) is 5.92 Å². The first-order chi connectivity index (χ1) is 8.91. The van der Waals surface area contributed by atoms with Crippen LogP contribution in [-0.4, -0.2) is 47.2 Å². The number of hydrogen-bond donors (Lipinski definition) is 2. The average Bonchev–Trinajstić information content (AvgIpc) is 2.35. The van der Waals surface area contributed by atoms with Gasteiger partial charge in [-0.25, -0.2) is 0 Å². The van der Waals surface area contributed by atoms with Crippen molar-refractivity contribution in [2.75, 3.05) is 20.1 Å². The SMILES string of the molecule is CNC1(CC(=O)N2CC(O)(C(C)C)C2)CCCCC1. The highest BCUT2D eigenvalue weighted by Crippen LogP contribution is 2.34. The Morgan fingerprint density at radius 3 is 2.32 bits per heavy atom. The number of amides is 1. The number of likely N-dealkylation sites (tertiary alicyclic amines) is 1. The summed E-state index contributed by atoms with van der Waals surface area (Å²) < 4.78 is 0. The molecule has 2 rings (SSSR count). The zero-order valence-corrected chi connectivity index (χ0v) is 12.5. The van der Waals surface area contributed by atoms with E-state index in [1.807, 2.05) is 25.8 Å². The van der Waals surface area contributed by atoms with Crippen LogP contribution in [0.1, 0.15) is 52.4 Å². The zero-order valence-electron chi connectivity index (χ0n) is 12.5. The van der Waals surface area contributed by atoms with Gasteiger partial charge in [0.1, 0.15) is 5.60 Å². The Kier molecular flexibility index (Phi) is 4.21. The molecule has 4 heteroatoms. The fraction of sp³-hybridized carbons (Fsp3) is 0.933. The quantitative estimate of drug-likeness (QED) is 0.813. The molecule has 1 amide bonds. The van der Waals surface area contributed by atoms with Gasteiger partial charge in [-0.1, -0.05) is 33.1 Å². The van der Waals surface area contributed by atoms with Gasteiger partial charge in [-0.2, -0.15) is 0 Å². The van der Waals surface area contributed by atoms with E-state index in [0.717, 1.165) is 12.8 Å². The molecule has 110 valence electrons. The lowest BCUT2D eigenvalue weighted by atomic mass is 9.77. The molecular weight excluding hydrogens is 240 g/mol. The van der Waals surface area contributed by atoms with Crippen LogP contribution in [0.25, 0.3) is 0 Å². The summed E-state index contributed by atoms with van der Waals surface area (Å²) in [5, 5.41) is 13.6. The second-order valence-corrected chi connectivity index (χ2v) is 6.78. The molecule has 0 spiro atoms. The molecule has 1 aliphatic carbocycles. The van der Waals surface area contributed by atoms with E-state index in [9.17, 15) is 9.90 Å². The highest BCUT2D eigenvalue weighted by atomic mass is 16.3. The van der Waals surface area contributed by atoms with Gasteiger partial charge in [-0.3, -0.25) is 4.79 Å². The van der Waals surface area contributed by atoms with Crippen LogP contribution >= 0.6 is 0 Å². The Morgan fingerprint density at radius 1 is 1.26 bits per heavy atom. The summed E-state index contributed by atoms with van der Waals surface area (Å²) >= 11 is 0. The molecule has 0 aromatic rings. The van der Waals surface area contributed by atoms with Crippen LogP contribution in [-0.2, 0) is 4.79 Å². The minimum Gasteiger partial charge on any atom is -0.386 e. The number of hydrogen-bond acceptors (Lipinski definition) is 3. The van der Waals surface area contributed by atoms with Crippen molar-refractivity contribution in [3.63, 3.8) is 0 Å². The fourth-order valence-corrected chi connectivity index (χ4v) is 3.30. The van der Waals surface area contributed by atoms with Crippen molar-refractivity contribution in [3.8, 4) is 0 Å². The van der Waals surface area contributed by atoms with Crippen molar-refractivity contribution in [1.29, 1.82) is 0 Å². The molecule has 0 unspecified atom stereocenters. The van der Waals surface area contributed by atoms with E-state index >= 15 is 0 Å².